The van der Waals surface area contributed by atoms with Gasteiger partial charge in [-0.05, 0) is 159 Å². The molecule has 0 unspecified atom stereocenters. The molecule has 252 valence electrons. The zero-order valence-corrected chi connectivity index (χ0v) is 29.9. The third-order valence-electron chi connectivity index (χ3n) is 10.2. The van der Waals surface area contributed by atoms with Gasteiger partial charge in [0.2, 0.25) is 0 Å². The lowest BCUT2D eigenvalue weighted by molar-refractivity contribution is -0.241. The number of hydroxylamine groups is 6. The van der Waals surface area contributed by atoms with Gasteiger partial charge in [-0.15, -0.1) is 15.2 Å². The average Bonchev–Trinajstić information content (AvgIpc) is 2.89. The van der Waals surface area contributed by atoms with Gasteiger partial charge in [0.1, 0.15) is 0 Å². The van der Waals surface area contributed by atoms with Gasteiger partial charge >= 0.3 is 17.9 Å². The van der Waals surface area contributed by atoms with E-state index in [0.29, 0.717) is 0 Å². The van der Waals surface area contributed by atoms with Crippen molar-refractivity contribution in [3.05, 3.63) is 34.9 Å². The van der Waals surface area contributed by atoms with E-state index >= 15 is 0 Å². The summed E-state index contributed by atoms with van der Waals surface area (Å²) in [5, 5.41) is 5.31. The summed E-state index contributed by atoms with van der Waals surface area (Å²) >= 11 is 0. The molecule has 0 aliphatic carbocycles. The zero-order chi connectivity index (χ0) is 33.8. The summed E-state index contributed by atoms with van der Waals surface area (Å²) in [5.41, 5.74) is -2.04. The van der Waals surface area contributed by atoms with Crippen LogP contribution < -0.4 is 0 Å². The second kappa shape index (κ2) is 11.9. The number of carbonyl (C=O) groups excluding carboxylic acids is 3. The van der Waals surface area contributed by atoms with Gasteiger partial charge in [0.25, 0.3) is 0 Å². The number of nitrogens with zero attached hydrogens (tertiary/aromatic N) is 3. The lowest BCUT2D eigenvalue weighted by Gasteiger charge is -2.50. The van der Waals surface area contributed by atoms with Gasteiger partial charge in [-0.1, -0.05) is 0 Å². The number of hydrogen-bond acceptors (Lipinski definition) is 9. The van der Waals surface area contributed by atoms with E-state index in [4.69, 9.17) is 14.5 Å². The van der Waals surface area contributed by atoms with Crippen LogP contribution in [-0.2, 0) is 14.5 Å². The molecule has 0 atom stereocenters. The van der Waals surface area contributed by atoms with Crippen molar-refractivity contribution in [3.8, 4) is 0 Å². The first-order valence-electron chi connectivity index (χ1n) is 16.7. The highest BCUT2D eigenvalue weighted by atomic mass is 16.7. The minimum atomic E-state index is -0.640. The van der Waals surface area contributed by atoms with E-state index < -0.39 is 17.9 Å². The predicted molar refractivity (Wildman–Crippen MR) is 174 cm³/mol. The highest BCUT2D eigenvalue weighted by Crippen LogP contribution is 2.41. The molecule has 0 amide bonds. The first-order valence-corrected chi connectivity index (χ1v) is 16.7. The Morgan fingerprint density at radius 3 is 0.778 bits per heavy atom. The molecule has 0 bridgehead atoms. The van der Waals surface area contributed by atoms with Gasteiger partial charge in [-0.2, -0.15) is 0 Å². The summed E-state index contributed by atoms with van der Waals surface area (Å²) in [5.74, 6) is -1.92. The lowest BCUT2D eigenvalue weighted by atomic mass is 9.82. The Balaban J connectivity index is 1.72. The quantitative estimate of drug-likeness (QED) is 0.311. The number of benzene rings is 1. The van der Waals surface area contributed by atoms with Crippen LogP contribution in [0.4, 0.5) is 0 Å². The smallest absolute Gasteiger partial charge is 0.357 e. The second-order valence-corrected chi connectivity index (χ2v) is 17.3. The summed E-state index contributed by atoms with van der Waals surface area (Å²) in [6.45, 7) is 24.7. The maximum Gasteiger partial charge on any atom is 0.357 e. The maximum atomic E-state index is 13.8. The number of rotatable bonds is 6. The summed E-state index contributed by atoms with van der Waals surface area (Å²) in [6, 6.07) is 4.39. The SMILES string of the molecule is CC1(C)CCCC(C)(C)N1OC(=O)c1cc(C(=O)ON2C(C)(C)CCCC2(C)C)cc(C(=O)ON2C(C)(C)CCCC2(C)C)c1. The zero-order valence-electron chi connectivity index (χ0n) is 29.9. The number of piperidine rings is 3. The predicted octanol–water partition coefficient (Wildman–Crippen LogP) is 8.03. The third-order valence-corrected chi connectivity index (χ3v) is 10.2. The summed E-state index contributed by atoms with van der Waals surface area (Å²) in [6.07, 6.45) is 8.31. The van der Waals surface area contributed by atoms with E-state index in [2.05, 4.69) is 83.1 Å². The lowest BCUT2D eigenvalue weighted by Crippen LogP contribution is -2.59. The van der Waals surface area contributed by atoms with Crippen molar-refractivity contribution < 1.29 is 28.9 Å². The van der Waals surface area contributed by atoms with Crippen LogP contribution in [-0.4, -0.2) is 66.3 Å². The Kier molecular flexibility index (Phi) is 9.39. The van der Waals surface area contributed by atoms with Crippen molar-refractivity contribution in [1.29, 1.82) is 0 Å². The van der Waals surface area contributed by atoms with Crippen LogP contribution in [0.5, 0.6) is 0 Å². The van der Waals surface area contributed by atoms with E-state index in [9.17, 15) is 14.4 Å². The molecule has 0 radical (unpaired) electrons. The highest BCUT2D eigenvalue weighted by molar-refractivity contribution is 6.00. The fourth-order valence-electron chi connectivity index (χ4n) is 8.06. The van der Waals surface area contributed by atoms with Gasteiger partial charge < -0.3 is 14.5 Å². The molecule has 3 heterocycles. The first kappa shape index (κ1) is 35.4. The highest BCUT2D eigenvalue weighted by Gasteiger charge is 2.47. The summed E-state index contributed by atoms with van der Waals surface area (Å²) in [7, 11) is 0. The standard InChI is InChI=1S/C36H57N3O6/c1-31(2)16-13-17-32(3,4)37(31)43-28(40)25-22-26(29(41)44-38-33(5,6)18-14-19-34(38,7)8)24-27(23-25)30(42)45-39-35(9,10)20-15-21-36(39,11)12/h22-24H,13-21H2,1-12H3. The normalized spacial score (nSPS) is 25.6. The van der Waals surface area contributed by atoms with E-state index in [0.717, 1.165) is 57.8 Å². The molecular formula is C36H57N3O6. The average molecular weight is 628 g/mol. The van der Waals surface area contributed by atoms with Crippen LogP contribution in [0.25, 0.3) is 0 Å². The van der Waals surface area contributed by atoms with Crippen LogP contribution in [0, 0.1) is 0 Å². The van der Waals surface area contributed by atoms with E-state index in [-0.39, 0.29) is 49.9 Å². The van der Waals surface area contributed by atoms with E-state index in [1.54, 1.807) is 15.2 Å². The molecule has 3 aliphatic heterocycles. The molecule has 9 nitrogen and oxygen atoms in total. The molecule has 0 aromatic heterocycles. The molecule has 4 rings (SSSR count). The van der Waals surface area contributed by atoms with Crippen LogP contribution in [0.2, 0.25) is 0 Å². The Morgan fingerprint density at radius 1 is 0.422 bits per heavy atom. The van der Waals surface area contributed by atoms with Crippen molar-refractivity contribution in [2.45, 2.75) is 174 Å². The summed E-state index contributed by atoms with van der Waals surface area (Å²) < 4.78 is 0. The van der Waals surface area contributed by atoms with Gasteiger partial charge in [-0.3, -0.25) is 0 Å². The molecule has 0 spiro atoms. The molecule has 3 aliphatic rings. The van der Waals surface area contributed by atoms with Gasteiger partial charge in [0.15, 0.2) is 0 Å². The molecular weight excluding hydrogens is 570 g/mol. The van der Waals surface area contributed by atoms with Crippen molar-refractivity contribution in [1.82, 2.24) is 15.2 Å². The van der Waals surface area contributed by atoms with Crippen molar-refractivity contribution in [2.75, 3.05) is 0 Å². The van der Waals surface area contributed by atoms with Gasteiger partial charge in [-0.25, -0.2) is 14.4 Å². The fraction of sp³-hybridized carbons (Fsp3) is 0.750. The Hall–Kier alpha value is -2.49. The van der Waals surface area contributed by atoms with Crippen molar-refractivity contribution >= 4 is 17.9 Å². The Labute approximate surface area is 270 Å². The molecule has 9 heteroatoms. The van der Waals surface area contributed by atoms with Gasteiger partial charge in [0, 0.05) is 0 Å². The third kappa shape index (κ3) is 7.41. The summed E-state index contributed by atoms with van der Waals surface area (Å²) in [4.78, 5) is 59.8. The van der Waals surface area contributed by atoms with Crippen LogP contribution >= 0.6 is 0 Å². The largest absolute Gasteiger partial charge is 0.363 e. The molecule has 1 aromatic carbocycles. The number of hydrogen-bond donors (Lipinski definition) is 0. The monoisotopic (exact) mass is 627 g/mol. The minimum Gasteiger partial charge on any atom is -0.363 e. The Bertz CT molecular complexity index is 1090. The molecule has 45 heavy (non-hydrogen) atoms. The molecule has 0 saturated carbocycles. The topological polar surface area (TPSA) is 88.6 Å². The van der Waals surface area contributed by atoms with Crippen LogP contribution in [0.15, 0.2) is 18.2 Å². The van der Waals surface area contributed by atoms with Crippen molar-refractivity contribution in [2.24, 2.45) is 0 Å². The van der Waals surface area contributed by atoms with E-state index in [1.807, 2.05) is 0 Å². The minimum absolute atomic E-state index is 0.0860. The molecule has 1 aromatic rings. The van der Waals surface area contributed by atoms with Crippen LogP contribution in [0.3, 0.4) is 0 Å². The van der Waals surface area contributed by atoms with Crippen molar-refractivity contribution in [3.63, 3.8) is 0 Å². The van der Waals surface area contributed by atoms with Crippen LogP contribution in [0.1, 0.15) is 172 Å². The van der Waals surface area contributed by atoms with E-state index in [1.165, 1.54) is 18.2 Å². The first-order chi connectivity index (χ1) is 20.5. The Morgan fingerprint density at radius 2 is 0.600 bits per heavy atom. The second-order valence-electron chi connectivity index (χ2n) is 17.3. The molecule has 0 N–H and O–H groups in total. The molecule has 3 saturated heterocycles. The van der Waals surface area contributed by atoms with Gasteiger partial charge in [0.05, 0.1) is 49.9 Å². The molecule has 3 fully saturated rings. The fourth-order valence-corrected chi connectivity index (χ4v) is 8.06. The maximum absolute atomic E-state index is 13.8. The number of carbonyl (C=O) groups is 3.